The Morgan fingerprint density at radius 2 is 2.08 bits per heavy atom. The minimum Gasteiger partial charge on any atom is -0.481 e. The Morgan fingerprint density at radius 3 is 2.96 bits per heavy atom. The van der Waals surface area contributed by atoms with Crippen molar-refractivity contribution in [3.8, 4) is 5.75 Å². The lowest BCUT2D eigenvalue weighted by Crippen LogP contribution is -2.39. The second-order valence-electron chi connectivity index (χ2n) is 6.18. The van der Waals surface area contributed by atoms with E-state index in [1.54, 1.807) is 18.3 Å². The Morgan fingerprint density at radius 1 is 1.24 bits per heavy atom. The first-order valence-electron chi connectivity index (χ1n) is 8.21. The van der Waals surface area contributed by atoms with E-state index in [1.807, 2.05) is 35.2 Å². The van der Waals surface area contributed by atoms with Gasteiger partial charge in [-0.3, -0.25) is 9.78 Å². The van der Waals surface area contributed by atoms with Gasteiger partial charge < -0.3 is 9.64 Å². The number of amides is 1. The van der Waals surface area contributed by atoms with Gasteiger partial charge in [0.1, 0.15) is 11.3 Å². The predicted molar refractivity (Wildman–Crippen MR) is 99.3 cm³/mol. The summed E-state index contributed by atoms with van der Waals surface area (Å²) in [5, 5.41) is 1.43. The van der Waals surface area contributed by atoms with Gasteiger partial charge in [-0.2, -0.15) is 0 Å². The summed E-state index contributed by atoms with van der Waals surface area (Å²) < 4.78 is 5.80. The van der Waals surface area contributed by atoms with Gasteiger partial charge in [-0.25, -0.2) is 0 Å². The van der Waals surface area contributed by atoms with E-state index >= 15 is 0 Å². The number of carbonyl (C=O) groups is 1. The van der Waals surface area contributed by atoms with Crippen LogP contribution >= 0.6 is 11.6 Å². The second kappa shape index (κ2) is 6.37. The van der Waals surface area contributed by atoms with Crippen LogP contribution in [0, 0.1) is 0 Å². The Hall–Kier alpha value is -2.59. The standard InChI is InChI=1S/C20H17ClN2O2/c1-13-11-14-5-2-3-7-17(14)23(13)19(24)12-25-18-9-8-16(21)15-6-4-10-22-20(15)18/h2-10,13H,11-12H2,1H3/t13-/m0/s1. The average Bonchev–Trinajstić information content (AvgIpc) is 2.97. The molecule has 0 bridgehead atoms. The van der Waals surface area contributed by atoms with E-state index in [4.69, 9.17) is 16.3 Å². The summed E-state index contributed by atoms with van der Waals surface area (Å²) in [6.07, 6.45) is 2.56. The van der Waals surface area contributed by atoms with Gasteiger partial charge in [0.15, 0.2) is 6.61 Å². The van der Waals surface area contributed by atoms with Crippen molar-refractivity contribution in [3.63, 3.8) is 0 Å². The molecule has 0 unspecified atom stereocenters. The quantitative estimate of drug-likeness (QED) is 0.708. The summed E-state index contributed by atoms with van der Waals surface area (Å²) in [6.45, 7) is 2.02. The molecule has 126 valence electrons. The lowest BCUT2D eigenvalue weighted by molar-refractivity contribution is -0.120. The highest BCUT2D eigenvalue weighted by atomic mass is 35.5. The smallest absolute Gasteiger partial charge is 0.265 e. The number of nitrogens with zero attached hydrogens (tertiary/aromatic N) is 2. The lowest BCUT2D eigenvalue weighted by atomic mass is 10.1. The van der Waals surface area contributed by atoms with E-state index in [0.29, 0.717) is 16.3 Å². The molecule has 4 nitrogen and oxygen atoms in total. The number of aromatic nitrogens is 1. The van der Waals surface area contributed by atoms with E-state index in [-0.39, 0.29) is 18.6 Å². The molecular formula is C20H17ClN2O2. The third-order valence-corrected chi connectivity index (χ3v) is 4.84. The summed E-state index contributed by atoms with van der Waals surface area (Å²) in [4.78, 5) is 18.9. The van der Waals surface area contributed by atoms with E-state index in [2.05, 4.69) is 18.0 Å². The van der Waals surface area contributed by atoms with E-state index < -0.39 is 0 Å². The molecule has 25 heavy (non-hydrogen) atoms. The van der Waals surface area contributed by atoms with Crippen LogP contribution in [-0.2, 0) is 11.2 Å². The fourth-order valence-corrected chi connectivity index (χ4v) is 3.60. The van der Waals surface area contributed by atoms with Gasteiger partial charge in [0.2, 0.25) is 0 Å². The molecule has 1 aliphatic heterocycles. The highest BCUT2D eigenvalue weighted by Gasteiger charge is 2.30. The molecule has 0 spiro atoms. The number of ether oxygens (including phenoxy) is 1. The molecule has 0 aliphatic carbocycles. The van der Waals surface area contributed by atoms with Crippen molar-refractivity contribution in [2.45, 2.75) is 19.4 Å². The van der Waals surface area contributed by atoms with E-state index in [1.165, 1.54) is 5.56 Å². The van der Waals surface area contributed by atoms with Crippen molar-refractivity contribution in [1.29, 1.82) is 0 Å². The van der Waals surface area contributed by atoms with Gasteiger partial charge in [0, 0.05) is 23.3 Å². The normalized spacial score (nSPS) is 16.1. The monoisotopic (exact) mass is 352 g/mol. The summed E-state index contributed by atoms with van der Waals surface area (Å²) in [5.41, 5.74) is 2.84. The van der Waals surface area contributed by atoms with Crippen molar-refractivity contribution >= 4 is 34.1 Å². The molecule has 2 heterocycles. The second-order valence-corrected chi connectivity index (χ2v) is 6.59. The minimum atomic E-state index is -0.0588. The van der Waals surface area contributed by atoms with Crippen molar-refractivity contribution in [1.82, 2.24) is 4.98 Å². The van der Waals surface area contributed by atoms with Crippen LogP contribution in [-0.4, -0.2) is 23.5 Å². The van der Waals surface area contributed by atoms with E-state index in [0.717, 1.165) is 17.5 Å². The fourth-order valence-electron chi connectivity index (χ4n) is 3.38. The number of fused-ring (bicyclic) bond motifs is 2. The van der Waals surface area contributed by atoms with Crippen LogP contribution in [0.5, 0.6) is 5.75 Å². The average molecular weight is 353 g/mol. The SMILES string of the molecule is C[C@H]1Cc2ccccc2N1C(=O)COc1ccc(Cl)c2cccnc12. The Balaban J connectivity index is 1.56. The minimum absolute atomic E-state index is 0.0357. The molecule has 3 aromatic rings. The van der Waals surface area contributed by atoms with Crippen molar-refractivity contribution < 1.29 is 9.53 Å². The predicted octanol–water partition coefficient (Wildman–Crippen LogP) is 4.24. The number of hydrogen-bond donors (Lipinski definition) is 0. The number of para-hydroxylation sites is 1. The number of pyridine rings is 1. The topological polar surface area (TPSA) is 42.4 Å². The molecule has 0 N–H and O–H groups in total. The third kappa shape index (κ3) is 2.83. The Kier molecular flexibility index (Phi) is 4.06. The van der Waals surface area contributed by atoms with Crippen LogP contribution in [0.1, 0.15) is 12.5 Å². The van der Waals surface area contributed by atoms with Crippen LogP contribution in [0.25, 0.3) is 10.9 Å². The fraction of sp³-hybridized carbons (Fsp3) is 0.200. The van der Waals surface area contributed by atoms with Crippen LogP contribution in [0.2, 0.25) is 5.02 Å². The first-order valence-corrected chi connectivity index (χ1v) is 8.59. The molecule has 1 aliphatic rings. The summed E-state index contributed by atoms with van der Waals surface area (Å²) in [7, 11) is 0. The highest BCUT2D eigenvalue weighted by Crippen LogP contribution is 2.33. The molecular weight excluding hydrogens is 336 g/mol. The largest absolute Gasteiger partial charge is 0.481 e. The lowest BCUT2D eigenvalue weighted by Gasteiger charge is -2.23. The number of benzene rings is 2. The maximum atomic E-state index is 12.7. The first-order chi connectivity index (χ1) is 12.1. The number of carbonyl (C=O) groups excluding carboxylic acids is 1. The molecule has 5 heteroatoms. The van der Waals surface area contributed by atoms with Gasteiger partial charge >= 0.3 is 0 Å². The Labute approximate surface area is 151 Å². The Bertz CT molecular complexity index is 957. The van der Waals surface area contributed by atoms with Gasteiger partial charge in [-0.15, -0.1) is 0 Å². The molecule has 1 amide bonds. The van der Waals surface area contributed by atoms with Crippen LogP contribution < -0.4 is 9.64 Å². The van der Waals surface area contributed by atoms with Gasteiger partial charge in [-0.1, -0.05) is 29.8 Å². The summed E-state index contributed by atoms with van der Waals surface area (Å²) in [5.74, 6) is 0.505. The van der Waals surface area contributed by atoms with Gasteiger partial charge in [0.25, 0.3) is 5.91 Å². The third-order valence-electron chi connectivity index (χ3n) is 4.51. The van der Waals surface area contributed by atoms with Crippen molar-refractivity contribution in [2.24, 2.45) is 0 Å². The molecule has 1 aromatic heterocycles. The number of halogens is 1. The molecule has 2 aromatic carbocycles. The number of rotatable bonds is 3. The molecule has 4 rings (SSSR count). The zero-order chi connectivity index (χ0) is 17.4. The molecule has 0 radical (unpaired) electrons. The number of hydrogen-bond acceptors (Lipinski definition) is 3. The molecule has 0 saturated heterocycles. The first kappa shape index (κ1) is 15.9. The van der Waals surface area contributed by atoms with E-state index in [9.17, 15) is 4.79 Å². The maximum Gasteiger partial charge on any atom is 0.265 e. The summed E-state index contributed by atoms with van der Waals surface area (Å²) in [6, 6.07) is 15.4. The van der Waals surface area contributed by atoms with Gasteiger partial charge in [0.05, 0.1) is 5.02 Å². The zero-order valence-electron chi connectivity index (χ0n) is 13.8. The molecule has 0 fully saturated rings. The summed E-state index contributed by atoms with van der Waals surface area (Å²) >= 11 is 6.20. The van der Waals surface area contributed by atoms with Gasteiger partial charge in [-0.05, 0) is 49.2 Å². The van der Waals surface area contributed by atoms with Crippen molar-refractivity contribution in [2.75, 3.05) is 11.5 Å². The number of anilines is 1. The van der Waals surface area contributed by atoms with Crippen LogP contribution in [0.4, 0.5) is 5.69 Å². The highest BCUT2D eigenvalue weighted by molar-refractivity contribution is 6.35. The maximum absolute atomic E-state index is 12.7. The van der Waals surface area contributed by atoms with Crippen LogP contribution in [0.15, 0.2) is 54.7 Å². The zero-order valence-corrected chi connectivity index (χ0v) is 14.5. The molecule has 1 atom stereocenters. The molecule has 0 saturated carbocycles. The van der Waals surface area contributed by atoms with Crippen LogP contribution in [0.3, 0.4) is 0 Å². The van der Waals surface area contributed by atoms with Crippen molar-refractivity contribution in [3.05, 3.63) is 65.3 Å².